The third-order valence-electron chi connectivity index (χ3n) is 2.53. The molecule has 0 radical (unpaired) electrons. The Kier molecular flexibility index (Phi) is 5.61. The summed E-state index contributed by atoms with van der Waals surface area (Å²) in [6.45, 7) is 0.0705. The molecule has 0 aliphatic rings. The summed E-state index contributed by atoms with van der Waals surface area (Å²) in [5, 5.41) is 18.1. The van der Waals surface area contributed by atoms with E-state index >= 15 is 0 Å². The SMILES string of the molecule is COc1c(C(=O)NCCCS(N)(=O)=O)cccc1[N+](=O)[O-]. The molecule has 0 aromatic heterocycles. The van der Waals surface area contributed by atoms with Gasteiger partial charge in [-0.25, -0.2) is 13.6 Å². The van der Waals surface area contributed by atoms with E-state index in [0.29, 0.717) is 0 Å². The van der Waals surface area contributed by atoms with E-state index in [1.165, 1.54) is 25.3 Å². The Hall–Kier alpha value is -2.20. The molecule has 0 saturated heterocycles. The lowest BCUT2D eigenvalue weighted by molar-refractivity contribution is -0.385. The van der Waals surface area contributed by atoms with Crippen molar-refractivity contribution >= 4 is 21.6 Å². The Morgan fingerprint density at radius 3 is 2.67 bits per heavy atom. The van der Waals surface area contributed by atoms with Crippen molar-refractivity contribution in [1.29, 1.82) is 0 Å². The number of nitrogens with one attached hydrogen (secondary N) is 1. The highest BCUT2D eigenvalue weighted by molar-refractivity contribution is 7.89. The first-order valence-electron chi connectivity index (χ1n) is 5.86. The number of nitrogens with zero attached hydrogens (tertiary/aromatic N) is 1. The minimum absolute atomic E-state index is 0.00213. The average Bonchev–Trinajstić information content (AvgIpc) is 2.41. The minimum Gasteiger partial charge on any atom is -0.490 e. The lowest BCUT2D eigenvalue weighted by atomic mass is 10.1. The van der Waals surface area contributed by atoms with Gasteiger partial charge in [-0.3, -0.25) is 14.9 Å². The quantitative estimate of drug-likeness (QED) is 0.412. The number of ether oxygens (including phenoxy) is 1. The molecule has 1 amide bonds. The van der Waals surface area contributed by atoms with Crippen molar-refractivity contribution in [2.45, 2.75) is 6.42 Å². The number of nitro benzene ring substituents is 1. The highest BCUT2D eigenvalue weighted by atomic mass is 32.2. The molecule has 1 rings (SSSR count). The van der Waals surface area contributed by atoms with Gasteiger partial charge in [0.15, 0.2) is 0 Å². The first-order valence-corrected chi connectivity index (χ1v) is 7.58. The number of benzene rings is 1. The molecule has 0 fully saturated rings. The predicted molar refractivity (Wildman–Crippen MR) is 74.6 cm³/mol. The first-order chi connectivity index (χ1) is 9.76. The molecule has 0 unspecified atom stereocenters. The number of methoxy groups -OCH3 is 1. The Balaban J connectivity index is 2.79. The van der Waals surface area contributed by atoms with Crippen molar-refractivity contribution in [2.75, 3.05) is 19.4 Å². The van der Waals surface area contributed by atoms with E-state index in [1.54, 1.807) is 0 Å². The Morgan fingerprint density at radius 1 is 1.48 bits per heavy atom. The zero-order valence-corrected chi connectivity index (χ0v) is 12.1. The Bertz CT molecular complexity index is 643. The van der Waals surface area contributed by atoms with Crippen LogP contribution in [0.3, 0.4) is 0 Å². The molecule has 0 atom stereocenters. The van der Waals surface area contributed by atoms with Gasteiger partial charge in [-0.2, -0.15) is 0 Å². The summed E-state index contributed by atoms with van der Waals surface area (Å²) in [4.78, 5) is 22.1. The molecule has 10 heteroatoms. The predicted octanol–water partition coefficient (Wildman–Crippen LogP) is 0.0118. The standard InChI is InChI=1S/C11H15N3O6S/c1-20-10-8(4-2-5-9(10)14(16)17)11(15)13-6-3-7-21(12,18)19/h2,4-5H,3,6-7H2,1H3,(H,13,15)(H2,12,18,19). The fraction of sp³-hybridized carbons (Fsp3) is 0.364. The van der Waals surface area contributed by atoms with Crippen molar-refractivity contribution in [3.05, 3.63) is 33.9 Å². The topological polar surface area (TPSA) is 142 Å². The van der Waals surface area contributed by atoms with Crippen LogP contribution in [0.5, 0.6) is 5.75 Å². The van der Waals surface area contributed by atoms with Crippen LogP contribution in [0.4, 0.5) is 5.69 Å². The maximum atomic E-state index is 11.9. The summed E-state index contributed by atoms with van der Waals surface area (Å²) >= 11 is 0. The summed E-state index contributed by atoms with van der Waals surface area (Å²) in [5.74, 6) is -1.00. The van der Waals surface area contributed by atoms with Crippen LogP contribution in [-0.2, 0) is 10.0 Å². The monoisotopic (exact) mass is 317 g/mol. The van der Waals surface area contributed by atoms with E-state index in [2.05, 4.69) is 5.32 Å². The van der Waals surface area contributed by atoms with E-state index in [-0.39, 0.29) is 35.7 Å². The number of hydrogen-bond acceptors (Lipinski definition) is 6. The zero-order chi connectivity index (χ0) is 16.0. The number of hydrogen-bond donors (Lipinski definition) is 2. The maximum Gasteiger partial charge on any atom is 0.311 e. The van der Waals surface area contributed by atoms with Gasteiger partial charge < -0.3 is 10.1 Å². The molecule has 1 aromatic rings. The molecule has 0 aliphatic carbocycles. The Labute approximate surface area is 121 Å². The number of nitro groups is 1. The van der Waals surface area contributed by atoms with Crippen LogP contribution in [-0.4, -0.2) is 38.7 Å². The normalized spacial score (nSPS) is 11.0. The molecule has 9 nitrogen and oxygen atoms in total. The maximum absolute atomic E-state index is 11.9. The van der Waals surface area contributed by atoms with Gasteiger partial charge in [-0.1, -0.05) is 6.07 Å². The number of amides is 1. The fourth-order valence-electron chi connectivity index (χ4n) is 1.63. The molecule has 3 N–H and O–H groups in total. The van der Waals surface area contributed by atoms with Crippen molar-refractivity contribution in [3.8, 4) is 5.75 Å². The number of sulfonamides is 1. The third-order valence-corrected chi connectivity index (χ3v) is 3.39. The third kappa shape index (κ3) is 5.00. The number of rotatable bonds is 7. The molecule has 21 heavy (non-hydrogen) atoms. The second kappa shape index (κ2) is 6.99. The molecule has 0 saturated carbocycles. The van der Waals surface area contributed by atoms with Crippen LogP contribution in [0.25, 0.3) is 0 Å². The number of carbonyl (C=O) groups is 1. The highest BCUT2D eigenvalue weighted by Gasteiger charge is 2.22. The average molecular weight is 317 g/mol. The number of carbonyl (C=O) groups excluding carboxylic acids is 1. The van der Waals surface area contributed by atoms with Crippen molar-refractivity contribution < 1.29 is 22.9 Å². The largest absolute Gasteiger partial charge is 0.490 e. The van der Waals surface area contributed by atoms with Gasteiger partial charge in [0.1, 0.15) is 0 Å². The Morgan fingerprint density at radius 2 is 2.14 bits per heavy atom. The highest BCUT2D eigenvalue weighted by Crippen LogP contribution is 2.30. The summed E-state index contributed by atoms with van der Waals surface area (Å²) in [7, 11) is -2.36. The number of primary sulfonamides is 1. The van der Waals surface area contributed by atoms with Crippen LogP contribution < -0.4 is 15.2 Å². The van der Waals surface area contributed by atoms with Crippen molar-refractivity contribution in [3.63, 3.8) is 0 Å². The van der Waals surface area contributed by atoms with Crippen molar-refractivity contribution in [1.82, 2.24) is 5.32 Å². The smallest absolute Gasteiger partial charge is 0.311 e. The van der Waals surface area contributed by atoms with Crippen LogP contribution >= 0.6 is 0 Å². The number of nitrogens with two attached hydrogens (primary N) is 1. The summed E-state index contributed by atoms with van der Waals surface area (Å²) in [6, 6.07) is 3.96. The van der Waals surface area contributed by atoms with Crippen LogP contribution in [0.15, 0.2) is 18.2 Å². The summed E-state index contributed by atoms with van der Waals surface area (Å²) in [5.41, 5.74) is -0.322. The van der Waals surface area contributed by atoms with E-state index in [1.807, 2.05) is 0 Å². The van der Waals surface area contributed by atoms with Gasteiger partial charge in [0, 0.05) is 12.6 Å². The molecule has 116 valence electrons. The second-order valence-electron chi connectivity index (χ2n) is 4.09. The zero-order valence-electron chi connectivity index (χ0n) is 11.2. The van der Waals surface area contributed by atoms with Crippen LogP contribution in [0.1, 0.15) is 16.8 Å². The van der Waals surface area contributed by atoms with Gasteiger partial charge >= 0.3 is 5.69 Å². The van der Waals surface area contributed by atoms with Gasteiger partial charge in [-0.15, -0.1) is 0 Å². The van der Waals surface area contributed by atoms with Crippen LogP contribution in [0, 0.1) is 10.1 Å². The van der Waals surface area contributed by atoms with E-state index < -0.39 is 20.9 Å². The van der Waals surface area contributed by atoms with E-state index in [0.717, 1.165) is 0 Å². The van der Waals surface area contributed by atoms with Crippen LogP contribution in [0.2, 0.25) is 0 Å². The molecule has 0 heterocycles. The van der Waals surface area contributed by atoms with Gasteiger partial charge in [0.2, 0.25) is 15.8 Å². The number of para-hydroxylation sites is 1. The molecule has 0 bridgehead atoms. The summed E-state index contributed by atoms with van der Waals surface area (Å²) < 4.78 is 26.4. The second-order valence-corrected chi connectivity index (χ2v) is 5.83. The molecular weight excluding hydrogens is 302 g/mol. The lowest BCUT2D eigenvalue weighted by Crippen LogP contribution is -2.27. The van der Waals surface area contributed by atoms with Crippen molar-refractivity contribution in [2.24, 2.45) is 5.14 Å². The van der Waals surface area contributed by atoms with E-state index in [4.69, 9.17) is 9.88 Å². The van der Waals surface area contributed by atoms with E-state index in [9.17, 15) is 23.3 Å². The lowest BCUT2D eigenvalue weighted by Gasteiger charge is -2.09. The molecule has 0 aliphatic heterocycles. The fourth-order valence-corrected chi connectivity index (χ4v) is 2.18. The molecular formula is C11H15N3O6S. The molecule has 0 spiro atoms. The minimum atomic E-state index is -3.58. The van der Waals surface area contributed by atoms with Gasteiger partial charge in [0.25, 0.3) is 5.91 Å². The first kappa shape index (κ1) is 16.9. The summed E-state index contributed by atoms with van der Waals surface area (Å²) in [6.07, 6.45) is 0.141. The molecule has 1 aromatic carbocycles. The van der Waals surface area contributed by atoms with Gasteiger partial charge in [0.05, 0.1) is 23.3 Å². The van der Waals surface area contributed by atoms with Gasteiger partial charge in [-0.05, 0) is 12.5 Å².